The maximum absolute atomic E-state index is 13.7. The van der Waals surface area contributed by atoms with Crippen molar-refractivity contribution in [2.24, 2.45) is 0 Å². The highest BCUT2D eigenvalue weighted by Crippen LogP contribution is 2.21. The molecule has 1 aromatic heterocycles. The van der Waals surface area contributed by atoms with Gasteiger partial charge in [0.2, 0.25) is 5.91 Å². The molecule has 0 radical (unpaired) electrons. The lowest BCUT2D eigenvalue weighted by Crippen LogP contribution is -2.39. The Balaban J connectivity index is 2.92. The zero-order valence-electron chi connectivity index (χ0n) is 12.2. The van der Waals surface area contributed by atoms with Crippen molar-refractivity contribution in [3.63, 3.8) is 0 Å². The van der Waals surface area contributed by atoms with E-state index in [1.165, 1.54) is 11.9 Å². The van der Waals surface area contributed by atoms with E-state index < -0.39 is 11.6 Å². The van der Waals surface area contributed by atoms with Crippen LogP contribution >= 0.6 is 0 Å². The van der Waals surface area contributed by atoms with Gasteiger partial charge in [-0.3, -0.25) is 4.79 Å². The number of likely N-dealkylation sites (N-methyl/N-ethyl adjacent to an activating group) is 2. The molecule has 0 aliphatic carbocycles. The van der Waals surface area contributed by atoms with Crippen molar-refractivity contribution in [3.8, 4) is 0 Å². The van der Waals surface area contributed by atoms with Crippen LogP contribution in [0.15, 0.2) is 6.07 Å². The fraction of sp³-hybridized carbons (Fsp3) is 0.538. The number of pyridine rings is 1. The van der Waals surface area contributed by atoms with E-state index in [0.29, 0.717) is 13.1 Å². The van der Waals surface area contributed by atoms with E-state index in [9.17, 15) is 13.6 Å². The number of nitrogens with zero attached hydrogens (tertiary/aromatic N) is 3. The molecule has 1 aromatic rings. The van der Waals surface area contributed by atoms with E-state index in [1.54, 1.807) is 11.9 Å². The second-order valence-corrected chi connectivity index (χ2v) is 4.30. The first-order valence-corrected chi connectivity index (χ1v) is 6.47. The van der Waals surface area contributed by atoms with E-state index in [-0.39, 0.29) is 24.1 Å². The molecule has 0 aromatic carbocycles. The SMILES string of the molecule is CCN(CC)C(=O)CN(C)c1nc(NC)c(F)cc1F. The van der Waals surface area contributed by atoms with Gasteiger partial charge in [0.05, 0.1) is 6.54 Å². The van der Waals surface area contributed by atoms with Crippen LogP contribution in [0.3, 0.4) is 0 Å². The Morgan fingerprint density at radius 1 is 1.30 bits per heavy atom. The van der Waals surface area contributed by atoms with E-state index in [2.05, 4.69) is 10.3 Å². The summed E-state index contributed by atoms with van der Waals surface area (Å²) in [6.45, 7) is 4.91. The third kappa shape index (κ3) is 3.55. The summed E-state index contributed by atoms with van der Waals surface area (Å²) >= 11 is 0. The van der Waals surface area contributed by atoms with E-state index in [4.69, 9.17) is 0 Å². The van der Waals surface area contributed by atoms with Crippen molar-refractivity contribution in [2.45, 2.75) is 13.8 Å². The zero-order valence-corrected chi connectivity index (χ0v) is 12.2. The molecule has 20 heavy (non-hydrogen) atoms. The number of hydrogen-bond donors (Lipinski definition) is 1. The fourth-order valence-electron chi connectivity index (χ4n) is 1.85. The molecule has 0 atom stereocenters. The molecular weight excluding hydrogens is 266 g/mol. The van der Waals surface area contributed by atoms with Gasteiger partial charge in [0.1, 0.15) is 0 Å². The van der Waals surface area contributed by atoms with Gasteiger partial charge < -0.3 is 15.1 Å². The minimum absolute atomic E-state index is 0.0135. The summed E-state index contributed by atoms with van der Waals surface area (Å²) in [5.41, 5.74) is 0. The molecule has 1 amide bonds. The highest BCUT2D eigenvalue weighted by molar-refractivity contribution is 5.81. The summed E-state index contributed by atoms with van der Waals surface area (Å²) in [5.74, 6) is -1.80. The standard InChI is InChI=1S/C13H20F2N4O/c1-5-19(6-2)11(20)8-18(4)13-10(15)7-9(14)12(16-3)17-13/h7H,5-6,8H2,1-4H3,(H,16,17). The van der Waals surface area contributed by atoms with Crippen LogP contribution in [0.5, 0.6) is 0 Å². The number of aromatic nitrogens is 1. The maximum atomic E-state index is 13.7. The molecule has 0 fully saturated rings. The highest BCUT2D eigenvalue weighted by atomic mass is 19.1. The second kappa shape index (κ2) is 7.02. The number of carbonyl (C=O) groups excluding carboxylic acids is 1. The van der Waals surface area contributed by atoms with Gasteiger partial charge >= 0.3 is 0 Å². The van der Waals surface area contributed by atoms with Crippen LogP contribution in [0.25, 0.3) is 0 Å². The fourth-order valence-corrected chi connectivity index (χ4v) is 1.85. The Kier molecular flexibility index (Phi) is 5.66. The lowest BCUT2D eigenvalue weighted by molar-refractivity contribution is -0.129. The highest BCUT2D eigenvalue weighted by Gasteiger charge is 2.18. The second-order valence-electron chi connectivity index (χ2n) is 4.30. The van der Waals surface area contributed by atoms with Gasteiger partial charge in [-0.15, -0.1) is 0 Å². The molecule has 0 spiro atoms. The number of carbonyl (C=O) groups is 1. The average Bonchev–Trinajstić information content (AvgIpc) is 2.40. The maximum Gasteiger partial charge on any atom is 0.242 e. The third-order valence-corrected chi connectivity index (χ3v) is 3.00. The van der Waals surface area contributed by atoms with Gasteiger partial charge in [0.25, 0.3) is 0 Å². The largest absolute Gasteiger partial charge is 0.371 e. The van der Waals surface area contributed by atoms with E-state index in [0.717, 1.165) is 6.07 Å². The molecule has 0 aliphatic rings. The summed E-state index contributed by atoms with van der Waals surface area (Å²) in [7, 11) is 3.04. The third-order valence-electron chi connectivity index (χ3n) is 3.00. The van der Waals surface area contributed by atoms with Gasteiger partial charge in [-0.1, -0.05) is 0 Å². The Hall–Kier alpha value is -1.92. The van der Waals surface area contributed by atoms with Crippen LogP contribution in [0.1, 0.15) is 13.8 Å². The number of hydrogen-bond acceptors (Lipinski definition) is 4. The molecule has 0 aliphatic heterocycles. The molecule has 0 saturated heterocycles. The molecule has 0 bridgehead atoms. The number of rotatable bonds is 6. The van der Waals surface area contributed by atoms with Crippen molar-refractivity contribution in [1.29, 1.82) is 0 Å². The molecule has 0 saturated carbocycles. The number of amides is 1. The monoisotopic (exact) mass is 286 g/mol. The molecule has 112 valence electrons. The normalized spacial score (nSPS) is 10.3. The van der Waals surface area contributed by atoms with Crippen molar-refractivity contribution in [3.05, 3.63) is 17.7 Å². The van der Waals surface area contributed by atoms with Crippen LogP contribution in [0, 0.1) is 11.6 Å². The zero-order chi connectivity index (χ0) is 15.3. The molecule has 1 N–H and O–H groups in total. The Morgan fingerprint density at radius 3 is 2.40 bits per heavy atom. The lowest BCUT2D eigenvalue weighted by atomic mass is 10.3. The summed E-state index contributed by atoms with van der Waals surface area (Å²) in [6, 6.07) is 0.757. The average molecular weight is 286 g/mol. The summed E-state index contributed by atoms with van der Waals surface area (Å²) in [5, 5.41) is 2.54. The van der Waals surface area contributed by atoms with Gasteiger partial charge in [-0.25, -0.2) is 13.8 Å². The minimum Gasteiger partial charge on any atom is -0.371 e. The smallest absolute Gasteiger partial charge is 0.242 e. The topological polar surface area (TPSA) is 48.5 Å². The Labute approximate surface area is 117 Å². The minimum atomic E-state index is -0.795. The summed E-state index contributed by atoms with van der Waals surface area (Å²) in [6.07, 6.45) is 0. The molecule has 1 heterocycles. The number of halogens is 2. The van der Waals surface area contributed by atoms with Crippen LogP contribution in [0.4, 0.5) is 20.4 Å². The number of nitrogens with one attached hydrogen (secondary N) is 1. The van der Waals surface area contributed by atoms with Crippen LogP contribution in [0.2, 0.25) is 0 Å². The molecule has 1 rings (SSSR count). The van der Waals surface area contributed by atoms with Crippen LogP contribution in [-0.4, -0.2) is 49.5 Å². The van der Waals surface area contributed by atoms with Gasteiger partial charge in [-0.05, 0) is 13.8 Å². The van der Waals surface area contributed by atoms with Crippen molar-refractivity contribution >= 4 is 17.5 Å². The van der Waals surface area contributed by atoms with E-state index >= 15 is 0 Å². The van der Waals surface area contributed by atoms with Gasteiger partial charge in [0.15, 0.2) is 23.3 Å². The lowest BCUT2D eigenvalue weighted by Gasteiger charge is -2.24. The first-order valence-electron chi connectivity index (χ1n) is 6.47. The summed E-state index contributed by atoms with van der Waals surface area (Å²) < 4.78 is 27.1. The van der Waals surface area contributed by atoms with Crippen molar-refractivity contribution in [2.75, 3.05) is 43.9 Å². The van der Waals surface area contributed by atoms with Crippen LogP contribution in [-0.2, 0) is 4.79 Å². The first-order chi connectivity index (χ1) is 9.44. The van der Waals surface area contributed by atoms with E-state index in [1.807, 2.05) is 13.8 Å². The molecular formula is C13H20F2N4O. The first kappa shape index (κ1) is 16.1. The van der Waals surface area contributed by atoms with Gasteiger partial charge in [0, 0.05) is 33.3 Å². The predicted molar refractivity (Wildman–Crippen MR) is 74.9 cm³/mol. The van der Waals surface area contributed by atoms with Crippen LogP contribution < -0.4 is 10.2 Å². The predicted octanol–water partition coefficient (Wildman–Crippen LogP) is 1.71. The Bertz CT molecular complexity index is 478. The molecule has 0 unspecified atom stereocenters. The summed E-state index contributed by atoms with van der Waals surface area (Å²) in [4.78, 5) is 18.8. The number of anilines is 2. The molecule has 7 heteroatoms. The van der Waals surface area contributed by atoms with Crippen molar-refractivity contribution < 1.29 is 13.6 Å². The van der Waals surface area contributed by atoms with Gasteiger partial charge in [-0.2, -0.15) is 0 Å². The Morgan fingerprint density at radius 2 is 1.90 bits per heavy atom. The van der Waals surface area contributed by atoms with Crippen molar-refractivity contribution in [1.82, 2.24) is 9.88 Å². The molecule has 5 nitrogen and oxygen atoms in total. The quantitative estimate of drug-likeness (QED) is 0.865.